The number of carboxylic acid groups (broad SMARTS) is 1. The average Bonchev–Trinajstić information content (AvgIpc) is 2.38. The summed E-state index contributed by atoms with van der Waals surface area (Å²) in [5.74, 6) is -2.65. The Morgan fingerprint density at radius 2 is 1.92 bits per heavy atom. The van der Waals surface area contributed by atoms with Gasteiger partial charge in [0, 0.05) is 24.9 Å². The van der Waals surface area contributed by atoms with Crippen LogP contribution in [0.1, 0.15) is 33.6 Å². The maximum atomic E-state index is 14.1. The minimum absolute atomic E-state index is 0.0148. The highest BCUT2D eigenvalue weighted by molar-refractivity contribution is 7.89. The third-order valence-corrected chi connectivity index (χ3v) is 5.02. The first-order chi connectivity index (χ1) is 10.8. The number of nitrogens with one attached hydrogen (secondary N) is 2. The van der Waals surface area contributed by atoms with Gasteiger partial charge in [-0.1, -0.05) is 11.6 Å². The zero-order valence-electron chi connectivity index (χ0n) is 13.3. The van der Waals surface area contributed by atoms with Gasteiger partial charge < -0.3 is 10.4 Å². The SMILES string of the molecule is CC(=O)Nc1cc(F)c(S(=O)(=O)NC(C)(C)CCC(=O)O)cc1Cl. The second-order valence-electron chi connectivity index (χ2n) is 5.83. The van der Waals surface area contributed by atoms with E-state index >= 15 is 0 Å². The number of rotatable bonds is 7. The van der Waals surface area contributed by atoms with Crippen molar-refractivity contribution < 1.29 is 27.5 Å². The predicted molar refractivity (Wildman–Crippen MR) is 87.0 cm³/mol. The zero-order valence-corrected chi connectivity index (χ0v) is 14.9. The van der Waals surface area contributed by atoms with E-state index in [0.717, 1.165) is 12.1 Å². The van der Waals surface area contributed by atoms with Gasteiger partial charge in [0.2, 0.25) is 15.9 Å². The van der Waals surface area contributed by atoms with E-state index in [2.05, 4.69) is 10.0 Å². The van der Waals surface area contributed by atoms with Gasteiger partial charge in [0.1, 0.15) is 10.7 Å². The summed E-state index contributed by atoms with van der Waals surface area (Å²) in [7, 11) is -4.28. The number of benzene rings is 1. The van der Waals surface area contributed by atoms with Crippen LogP contribution in [-0.4, -0.2) is 30.9 Å². The Morgan fingerprint density at radius 1 is 1.33 bits per heavy atom. The molecule has 0 aliphatic rings. The number of sulfonamides is 1. The molecule has 0 radical (unpaired) electrons. The van der Waals surface area contributed by atoms with Gasteiger partial charge in [0.05, 0.1) is 10.7 Å². The number of hydrogen-bond acceptors (Lipinski definition) is 4. The molecule has 7 nitrogen and oxygen atoms in total. The van der Waals surface area contributed by atoms with Crippen LogP contribution in [0.25, 0.3) is 0 Å². The summed E-state index contributed by atoms with van der Waals surface area (Å²) in [4.78, 5) is 20.9. The molecule has 1 aromatic carbocycles. The van der Waals surface area contributed by atoms with E-state index in [1.165, 1.54) is 20.8 Å². The number of hydrogen-bond donors (Lipinski definition) is 3. The Hall–Kier alpha value is -1.71. The molecule has 1 aromatic rings. The van der Waals surface area contributed by atoms with Crippen molar-refractivity contribution in [3.05, 3.63) is 23.0 Å². The van der Waals surface area contributed by atoms with Crippen molar-refractivity contribution in [2.45, 2.75) is 44.0 Å². The third kappa shape index (κ3) is 5.73. The molecule has 0 atom stereocenters. The minimum Gasteiger partial charge on any atom is -0.481 e. The lowest BCUT2D eigenvalue weighted by Gasteiger charge is -2.25. The molecule has 1 amide bonds. The van der Waals surface area contributed by atoms with E-state index in [4.69, 9.17) is 16.7 Å². The van der Waals surface area contributed by atoms with Crippen LogP contribution in [0, 0.1) is 5.82 Å². The molecule has 0 aromatic heterocycles. The van der Waals surface area contributed by atoms with Crippen molar-refractivity contribution in [1.82, 2.24) is 4.72 Å². The van der Waals surface area contributed by atoms with Gasteiger partial charge in [-0.15, -0.1) is 0 Å². The minimum atomic E-state index is -4.28. The van der Waals surface area contributed by atoms with E-state index < -0.39 is 38.2 Å². The second-order valence-corrected chi connectivity index (χ2v) is 7.88. The number of carbonyl (C=O) groups excluding carboxylic acids is 1. The van der Waals surface area contributed by atoms with Gasteiger partial charge in [0.15, 0.2) is 0 Å². The molecule has 0 heterocycles. The highest BCUT2D eigenvalue weighted by atomic mass is 35.5. The maximum Gasteiger partial charge on any atom is 0.303 e. The van der Waals surface area contributed by atoms with Crippen molar-refractivity contribution in [2.75, 3.05) is 5.32 Å². The molecular weight excluding hydrogens is 363 g/mol. The van der Waals surface area contributed by atoms with Crippen LogP contribution in [-0.2, 0) is 19.6 Å². The molecule has 0 aliphatic heterocycles. The van der Waals surface area contributed by atoms with Gasteiger partial charge in [-0.05, 0) is 26.3 Å². The predicted octanol–water partition coefficient (Wildman–Crippen LogP) is 2.36. The summed E-state index contributed by atoms with van der Waals surface area (Å²) in [6, 6.07) is 1.69. The van der Waals surface area contributed by atoms with Crippen molar-refractivity contribution in [2.24, 2.45) is 0 Å². The van der Waals surface area contributed by atoms with Crippen LogP contribution in [0.4, 0.5) is 10.1 Å². The van der Waals surface area contributed by atoms with E-state index in [1.807, 2.05) is 0 Å². The summed E-state index contributed by atoms with van der Waals surface area (Å²) in [6.45, 7) is 4.17. The van der Waals surface area contributed by atoms with Crippen LogP contribution in [0.5, 0.6) is 0 Å². The maximum absolute atomic E-state index is 14.1. The largest absolute Gasteiger partial charge is 0.481 e. The molecule has 0 aliphatic carbocycles. The molecule has 0 bridgehead atoms. The summed E-state index contributed by atoms with van der Waals surface area (Å²) in [5.41, 5.74) is -1.15. The lowest BCUT2D eigenvalue weighted by Crippen LogP contribution is -2.43. The number of amides is 1. The van der Waals surface area contributed by atoms with Crippen LogP contribution in [0.2, 0.25) is 5.02 Å². The standard InChI is InChI=1S/C14H18ClFN2O5S/c1-8(19)17-11-7-10(16)12(6-9(11)15)24(22,23)18-14(2,3)5-4-13(20)21/h6-7,18H,4-5H2,1-3H3,(H,17,19)(H,20,21). The van der Waals surface area contributed by atoms with E-state index in [9.17, 15) is 22.4 Å². The summed E-state index contributed by atoms with van der Waals surface area (Å²) in [5, 5.41) is 10.8. The van der Waals surface area contributed by atoms with Gasteiger partial charge in [0.25, 0.3) is 0 Å². The molecule has 0 saturated heterocycles. The molecular formula is C14H18ClFN2O5S. The fourth-order valence-corrected chi connectivity index (χ4v) is 3.71. The molecule has 24 heavy (non-hydrogen) atoms. The number of anilines is 1. The van der Waals surface area contributed by atoms with Gasteiger partial charge in [-0.2, -0.15) is 0 Å². The van der Waals surface area contributed by atoms with Crippen molar-refractivity contribution in [1.29, 1.82) is 0 Å². The molecule has 1 rings (SSSR count). The molecule has 0 unspecified atom stereocenters. The van der Waals surface area contributed by atoms with Gasteiger partial charge in [-0.3, -0.25) is 9.59 Å². The topological polar surface area (TPSA) is 113 Å². The van der Waals surface area contributed by atoms with Crippen LogP contribution in [0.3, 0.4) is 0 Å². The quantitative estimate of drug-likeness (QED) is 0.672. The molecule has 134 valence electrons. The summed E-state index contributed by atoms with van der Waals surface area (Å²) < 4.78 is 41.1. The van der Waals surface area contributed by atoms with Crippen molar-refractivity contribution in [3.63, 3.8) is 0 Å². The first kappa shape index (κ1) is 20.3. The summed E-state index contributed by atoms with van der Waals surface area (Å²) in [6.07, 6.45) is -0.235. The Labute approximate surface area is 144 Å². The van der Waals surface area contributed by atoms with Crippen molar-refractivity contribution >= 4 is 39.2 Å². The highest BCUT2D eigenvalue weighted by Crippen LogP contribution is 2.29. The van der Waals surface area contributed by atoms with Gasteiger partial charge in [-0.25, -0.2) is 17.5 Å². The molecule has 0 saturated carbocycles. The Balaban J connectivity index is 3.12. The number of halogens is 2. The lowest BCUT2D eigenvalue weighted by atomic mass is 10.0. The molecule has 10 heteroatoms. The van der Waals surface area contributed by atoms with E-state index in [-0.39, 0.29) is 23.6 Å². The van der Waals surface area contributed by atoms with Gasteiger partial charge >= 0.3 is 5.97 Å². The van der Waals surface area contributed by atoms with E-state index in [0.29, 0.717) is 0 Å². The fraction of sp³-hybridized carbons (Fsp3) is 0.429. The van der Waals surface area contributed by atoms with Crippen LogP contribution < -0.4 is 10.0 Å². The first-order valence-electron chi connectivity index (χ1n) is 6.86. The number of carboxylic acids is 1. The fourth-order valence-electron chi connectivity index (χ4n) is 1.91. The number of carbonyl (C=O) groups is 2. The van der Waals surface area contributed by atoms with Crippen molar-refractivity contribution in [3.8, 4) is 0 Å². The summed E-state index contributed by atoms with van der Waals surface area (Å²) >= 11 is 5.87. The average molecular weight is 381 g/mol. The van der Waals surface area contributed by atoms with Crippen LogP contribution in [0.15, 0.2) is 17.0 Å². The Bertz CT molecular complexity index is 765. The smallest absolute Gasteiger partial charge is 0.303 e. The van der Waals surface area contributed by atoms with E-state index in [1.54, 1.807) is 0 Å². The monoisotopic (exact) mass is 380 g/mol. The second kappa shape index (κ2) is 7.45. The van der Waals surface area contributed by atoms with Crippen LogP contribution >= 0.6 is 11.6 Å². The Kier molecular flexibility index (Phi) is 6.32. The third-order valence-electron chi connectivity index (χ3n) is 3.00. The number of aliphatic carboxylic acids is 1. The zero-order chi connectivity index (χ0) is 18.7. The molecule has 0 fully saturated rings. The first-order valence-corrected chi connectivity index (χ1v) is 8.72. The lowest BCUT2D eigenvalue weighted by molar-refractivity contribution is -0.137. The Morgan fingerprint density at radius 3 is 2.42 bits per heavy atom. The molecule has 0 spiro atoms. The highest BCUT2D eigenvalue weighted by Gasteiger charge is 2.29. The molecule has 3 N–H and O–H groups in total. The normalized spacial score (nSPS) is 12.0.